The van der Waals surface area contributed by atoms with Crippen molar-refractivity contribution in [2.75, 3.05) is 27.1 Å². The molecule has 0 spiro atoms. The topological polar surface area (TPSA) is 81.5 Å². The highest BCUT2D eigenvalue weighted by Crippen LogP contribution is 2.37. The van der Waals surface area contributed by atoms with E-state index in [1.165, 1.54) is 11.8 Å². The highest BCUT2D eigenvalue weighted by atomic mass is 32.2. The van der Waals surface area contributed by atoms with Gasteiger partial charge < -0.3 is 19.5 Å². The van der Waals surface area contributed by atoms with Gasteiger partial charge in [-0.3, -0.25) is 4.79 Å². The number of amidine groups is 1. The Labute approximate surface area is 126 Å². The van der Waals surface area contributed by atoms with E-state index in [-0.39, 0.29) is 5.91 Å². The molecule has 0 aromatic heterocycles. The zero-order valence-corrected chi connectivity index (χ0v) is 12.7. The fourth-order valence-electron chi connectivity index (χ4n) is 1.70. The number of rotatable bonds is 5. The minimum Gasteiger partial charge on any atom is -0.493 e. The van der Waals surface area contributed by atoms with Crippen LogP contribution in [0.2, 0.25) is 0 Å². The Balaban J connectivity index is 2.22. The lowest BCUT2D eigenvalue weighted by atomic mass is 10.2. The predicted molar refractivity (Wildman–Crippen MR) is 81.7 cm³/mol. The van der Waals surface area contributed by atoms with Crippen LogP contribution >= 0.6 is 11.8 Å². The summed E-state index contributed by atoms with van der Waals surface area (Å²) in [5, 5.41) is 11.0. The number of nitrogens with zero attached hydrogens (tertiary/aromatic N) is 2. The molecule has 1 N–H and O–H groups in total. The number of nitrogens with one attached hydrogen (secondary N) is 1. The fraction of sp³-hybridized carbons (Fsp3) is 0.308. The molecule has 0 radical (unpaired) electrons. The van der Waals surface area contributed by atoms with E-state index in [0.29, 0.717) is 28.2 Å². The molecule has 2 rings (SSSR count). The third-order valence-electron chi connectivity index (χ3n) is 2.63. The van der Waals surface area contributed by atoms with E-state index in [2.05, 4.69) is 15.5 Å². The maximum atomic E-state index is 11.0. The Morgan fingerprint density at radius 2 is 1.86 bits per heavy atom. The summed E-state index contributed by atoms with van der Waals surface area (Å²) in [5.41, 5.74) is 0.739. The molecule has 21 heavy (non-hydrogen) atoms. The van der Waals surface area contributed by atoms with Crippen molar-refractivity contribution >= 4 is 29.1 Å². The largest absolute Gasteiger partial charge is 0.493 e. The molecule has 112 valence electrons. The quantitative estimate of drug-likeness (QED) is 0.654. The minimum absolute atomic E-state index is 0.0678. The average Bonchev–Trinajstić information content (AvgIpc) is 2.91. The molecular formula is C13H15N3O4S. The molecule has 1 aromatic rings. The van der Waals surface area contributed by atoms with E-state index < -0.39 is 0 Å². The summed E-state index contributed by atoms with van der Waals surface area (Å²) < 4.78 is 15.7. The van der Waals surface area contributed by atoms with Crippen molar-refractivity contribution in [1.82, 2.24) is 5.32 Å². The number of thioether (sulfide) groups is 1. The molecule has 1 saturated heterocycles. The Hall–Kier alpha value is -2.22. The smallest absolute Gasteiger partial charge is 0.236 e. The first-order valence-corrected chi connectivity index (χ1v) is 7.00. The van der Waals surface area contributed by atoms with Crippen LogP contribution in [0.25, 0.3) is 0 Å². The molecule has 7 nitrogen and oxygen atoms in total. The highest BCUT2D eigenvalue weighted by molar-refractivity contribution is 8.15. The molecule has 1 heterocycles. The zero-order chi connectivity index (χ0) is 15.2. The maximum Gasteiger partial charge on any atom is 0.236 e. The second kappa shape index (κ2) is 6.98. The van der Waals surface area contributed by atoms with Gasteiger partial charge in [-0.2, -0.15) is 5.10 Å². The third kappa shape index (κ3) is 3.66. The summed E-state index contributed by atoms with van der Waals surface area (Å²) in [5.74, 6) is 1.89. The number of methoxy groups -OCH3 is 3. The van der Waals surface area contributed by atoms with Gasteiger partial charge in [-0.25, -0.2) is 0 Å². The Kier molecular flexibility index (Phi) is 5.04. The second-order valence-electron chi connectivity index (χ2n) is 3.95. The Bertz CT molecular complexity index is 576. The van der Waals surface area contributed by atoms with Crippen molar-refractivity contribution in [3.05, 3.63) is 17.7 Å². The van der Waals surface area contributed by atoms with Crippen LogP contribution in [-0.2, 0) is 4.79 Å². The lowest BCUT2D eigenvalue weighted by molar-refractivity contribution is -0.116. The SMILES string of the molecule is COc1cc(/C=N\N=C2/NC(=O)CS2)cc(OC)c1OC. The van der Waals surface area contributed by atoms with E-state index in [4.69, 9.17) is 14.2 Å². The van der Waals surface area contributed by atoms with Crippen LogP contribution in [-0.4, -0.2) is 44.4 Å². The van der Waals surface area contributed by atoms with Gasteiger partial charge in [0, 0.05) is 5.56 Å². The van der Waals surface area contributed by atoms with Crippen LogP contribution < -0.4 is 19.5 Å². The first kappa shape index (κ1) is 15.2. The van der Waals surface area contributed by atoms with Crippen LogP contribution in [0.3, 0.4) is 0 Å². The fourth-order valence-corrected chi connectivity index (χ4v) is 2.33. The average molecular weight is 309 g/mol. The molecule has 0 aliphatic carbocycles. The van der Waals surface area contributed by atoms with Crippen molar-refractivity contribution < 1.29 is 19.0 Å². The standard InChI is InChI=1S/C13H15N3O4S/c1-18-9-4-8(5-10(19-2)12(9)20-3)6-14-16-13-15-11(17)7-21-13/h4-6H,7H2,1-3H3,(H,15,16,17)/b14-6-. The van der Waals surface area contributed by atoms with E-state index in [9.17, 15) is 4.79 Å². The lowest BCUT2D eigenvalue weighted by Gasteiger charge is -2.12. The number of hydrogen-bond donors (Lipinski definition) is 1. The van der Waals surface area contributed by atoms with Crippen molar-refractivity contribution in [3.63, 3.8) is 0 Å². The molecule has 1 aliphatic rings. The molecular weight excluding hydrogens is 294 g/mol. The molecule has 0 saturated carbocycles. The van der Waals surface area contributed by atoms with Crippen LogP contribution in [0.1, 0.15) is 5.56 Å². The third-order valence-corrected chi connectivity index (χ3v) is 3.49. The molecule has 1 aliphatic heterocycles. The zero-order valence-electron chi connectivity index (χ0n) is 11.9. The number of carbonyl (C=O) groups is 1. The normalized spacial score (nSPS) is 16.3. The lowest BCUT2D eigenvalue weighted by Crippen LogP contribution is -2.19. The first-order chi connectivity index (χ1) is 10.2. The van der Waals surface area contributed by atoms with Crippen molar-refractivity contribution in [3.8, 4) is 17.2 Å². The van der Waals surface area contributed by atoms with Gasteiger partial charge in [0.05, 0.1) is 33.3 Å². The summed E-state index contributed by atoms with van der Waals surface area (Å²) in [6, 6.07) is 3.51. The molecule has 1 fully saturated rings. The van der Waals surface area contributed by atoms with Crippen LogP contribution in [0.4, 0.5) is 0 Å². The summed E-state index contributed by atoms with van der Waals surface area (Å²) >= 11 is 1.31. The highest BCUT2D eigenvalue weighted by Gasteiger charge is 2.16. The monoisotopic (exact) mass is 309 g/mol. The van der Waals surface area contributed by atoms with E-state index in [0.717, 1.165) is 5.56 Å². The van der Waals surface area contributed by atoms with Crippen molar-refractivity contribution in [2.24, 2.45) is 10.2 Å². The number of carbonyl (C=O) groups excluding carboxylic acids is 1. The van der Waals surface area contributed by atoms with Gasteiger partial charge in [0.15, 0.2) is 16.7 Å². The number of benzene rings is 1. The van der Waals surface area contributed by atoms with Crippen LogP contribution in [0, 0.1) is 0 Å². The van der Waals surface area contributed by atoms with Gasteiger partial charge >= 0.3 is 0 Å². The van der Waals surface area contributed by atoms with E-state index in [1.807, 2.05) is 0 Å². The van der Waals surface area contributed by atoms with Crippen LogP contribution in [0.5, 0.6) is 17.2 Å². The summed E-state index contributed by atoms with van der Waals surface area (Å²) in [7, 11) is 4.63. The number of amides is 1. The number of hydrogen-bond acceptors (Lipinski definition) is 7. The van der Waals surface area contributed by atoms with Crippen LogP contribution in [0.15, 0.2) is 22.3 Å². The van der Waals surface area contributed by atoms with Gasteiger partial charge in [-0.05, 0) is 12.1 Å². The maximum absolute atomic E-state index is 11.0. The minimum atomic E-state index is -0.0678. The summed E-state index contributed by atoms with van der Waals surface area (Å²) in [6.45, 7) is 0. The molecule has 1 amide bonds. The second-order valence-corrected chi connectivity index (χ2v) is 4.91. The molecule has 8 heteroatoms. The van der Waals surface area contributed by atoms with Gasteiger partial charge in [-0.1, -0.05) is 11.8 Å². The number of ether oxygens (including phenoxy) is 3. The van der Waals surface area contributed by atoms with Crippen molar-refractivity contribution in [1.29, 1.82) is 0 Å². The first-order valence-electron chi connectivity index (χ1n) is 6.01. The Morgan fingerprint density at radius 3 is 2.33 bits per heavy atom. The van der Waals surface area contributed by atoms with Gasteiger partial charge in [-0.15, -0.1) is 5.10 Å². The van der Waals surface area contributed by atoms with E-state index >= 15 is 0 Å². The van der Waals surface area contributed by atoms with Gasteiger partial charge in [0.2, 0.25) is 11.7 Å². The van der Waals surface area contributed by atoms with E-state index in [1.54, 1.807) is 39.7 Å². The molecule has 1 aromatic carbocycles. The van der Waals surface area contributed by atoms with Crippen molar-refractivity contribution in [2.45, 2.75) is 0 Å². The summed E-state index contributed by atoms with van der Waals surface area (Å²) in [6.07, 6.45) is 1.54. The molecule has 0 bridgehead atoms. The predicted octanol–water partition coefficient (Wildman–Crippen LogP) is 1.27. The Morgan fingerprint density at radius 1 is 1.19 bits per heavy atom. The molecule has 0 atom stereocenters. The van der Waals surface area contributed by atoms with Gasteiger partial charge in [0.25, 0.3) is 0 Å². The van der Waals surface area contributed by atoms with Gasteiger partial charge in [0.1, 0.15) is 0 Å². The molecule has 0 unspecified atom stereocenters. The summed E-state index contributed by atoms with van der Waals surface area (Å²) in [4.78, 5) is 11.0.